The maximum Gasteiger partial charge on any atom is 0.338 e. The van der Waals surface area contributed by atoms with Crippen LogP contribution in [-0.2, 0) is 11.3 Å². The van der Waals surface area contributed by atoms with E-state index in [-0.39, 0.29) is 17.9 Å². The number of esters is 1. The Labute approximate surface area is 144 Å². The molecule has 0 saturated heterocycles. The number of ether oxygens (including phenoxy) is 4. The number of carbonyl (C=O) groups is 1. The molecule has 2 rings (SSSR count). The van der Waals surface area contributed by atoms with E-state index in [1.165, 1.54) is 51.7 Å². The fraction of sp³-hybridized carbons (Fsp3) is 0.235. The van der Waals surface area contributed by atoms with Crippen LogP contribution < -0.4 is 14.2 Å². The fourth-order valence-electron chi connectivity index (χ4n) is 2.19. The minimum absolute atomic E-state index is 0.0682. The molecule has 2 aromatic carbocycles. The van der Waals surface area contributed by atoms with Crippen LogP contribution in [0.25, 0.3) is 0 Å². The van der Waals surface area contributed by atoms with Crippen molar-refractivity contribution in [2.24, 2.45) is 0 Å². The molecule has 0 bridgehead atoms. The lowest BCUT2D eigenvalue weighted by atomic mass is 10.1. The van der Waals surface area contributed by atoms with Crippen molar-refractivity contribution in [1.29, 1.82) is 0 Å². The molecule has 0 saturated carbocycles. The largest absolute Gasteiger partial charge is 0.493 e. The molecule has 0 unspecified atom stereocenters. The number of methoxy groups -OCH3 is 3. The van der Waals surface area contributed by atoms with Gasteiger partial charge in [0, 0.05) is 12.1 Å². The van der Waals surface area contributed by atoms with E-state index in [4.69, 9.17) is 18.9 Å². The van der Waals surface area contributed by atoms with Crippen LogP contribution in [0, 0.1) is 10.1 Å². The number of rotatable bonds is 7. The summed E-state index contributed by atoms with van der Waals surface area (Å²) in [5, 5.41) is 10.8. The second-order valence-electron chi connectivity index (χ2n) is 4.92. The normalized spacial score (nSPS) is 10.0. The van der Waals surface area contributed by atoms with Gasteiger partial charge in [-0.1, -0.05) is 12.1 Å². The van der Waals surface area contributed by atoms with Gasteiger partial charge < -0.3 is 18.9 Å². The lowest BCUT2D eigenvalue weighted by Crippen LogP contribution is -2.07. The third-order valence-electron chi connectivity index (χ3n) is 3.39. The van der Waals surface area contributed by atoms with E-state index in [0.29, 0.717) is 22.8 Å². The van der Waals surface area contributed by atoms with E-state index in [1.807, 2.05) is 0 Å². The highest BCUT2D eigenvalue weighted by Gasteiger charge is 2.18. The Balaban J connectivity index is 2.18. The van der Waals surface area contributed by atoms with Crippen molar-refractivity contribution in [2.75, 3.05) is 21.3 Å². The number of carbonyl (C=O) groups excluding carboxylic acids is 1. The smallest absolute Gasteiger partial charge is 0.338 e. The van der Waals surface area contributed by atoms with Crippen LogP contribution in [0.2, 0.25) is 0 Å². The van der Waals surface area contributed by atoms with Crippen LogP contribution in [-0.4, -0.2) is 32.2 Å². The van der Waals surface area contributed by atoms with E-state index in [0.717, 1.165) is 0 Å². The highest BCUT2D eigenvalue weighted by Crippen LogP contribution is 2.38. The van der Waals surface area contributed by atoms with Crippen LogP contribution in [0.15, 0.2) is 36.4 Å². The van der Waals surface area contributed by atoms with Gasteiger partial charge in [0.05, 0.1) is 31.8 Å². The Bertz CT molecular complexity index is 763. The SMILES string of the molecule is COc1cc(C(=O)OCc2cccc([N+](=O)[O-])c2)cc(OC)c1OC. The topological polar surface area (TPSA) is 97.1 Å². The minimum atomic E-state index is -0.620. The summed E-state index contributed by atoms with van der Waals surface area (Å²) in [6.07, 6.45) is 0. The van der Waals surface area contributed by atoms with Gasteiger partial charge in [-0.25, -0.2) is 4.79 Å². The Morgan fingerprint density at radius 2 is 1.68 bits per heavy atom. The van der Waals surface area contributed by atoms with E-state index >= 15 is 0 Å². The molecule has 0 fully saturated rings. The zero-order chi connectivity index (χ0) is 18.4. The van der Waals surface area contributed by atoms with Crippen molar-refractivity contribution in [3.8, 4) is 17.2 Å². The first-order valence-electron chi connectivity index (χ1n) is 7.20. The number of nitrogens with zero attached hydrogens (tertiary/aromatic N) is 1. The van der Waals surface area contributed by atoms with Crippen molar-refractivity contribution in [1.82, 2.24) is 0 Å². The van der Waals surface area contributed by atoms with Crippen molar-refractivity contribution < 1.29 is 28.7 Å². The summed E-state index contributed by atoms with van der Waals surface area (Å²) in [5.41, 5.74) is 0.649. The second kappa shape index (κ2) is 8.00. The summed E-state index contributed by atoms with van der Waals surface area (Å²) in [5.74, 6) is 0.388. The van der Waals surface area contributed by atoms with Crippen LogP contribution in [0.3, 0.4) is 0 Å². The highest BCUT2D eigenvalue weighted by atomic mass is 16.6. The van der Waals surface area contributed by atoms with Crippen molar-refractivity contribution in [2.45, 2.75) is 6.61 Å². The van der Waals surface area contributed by atoms with Gasteiger partial charge in [-0.2, -0.15) is 0 Å². The summed E-state index contributed by atoms with van der Waals surface area (Å²) >= 11 is 0. The van der Waals surface area contributed by atoms with Gasteiger partial charge in [0.1, 0.15) is 6.61 Å². The van der Waals surface area contributed by atoms with Crippen LogP contribution in [0.4, 0.5) is 5.69 Å². The number of nitro benzene ring substituents is 1. The average molecular weight is 347 g/mol. The summed E-state index contributed by atoms with van der Waals surface area (Å²) < 4.78 is 20.8. The van der Waals surface area contributed by atoms with Gasteiger partial charge in [-0.05, 0) is 17.7 Å². The third-order valence-corrected chi connectivity index (χ3v) is 3.39. The van der Waals surface area contributed by atoms with Crippen LogP contribution >= 0.6 is 0 Å². The molecule has 0 radical (unpaired) electrons. The monoisotopic (exact) mass is 347 g/mol. The van der Waals surface area contributed by atoms with Gasteiger partial charge in [0.25, 0.3) is 5.69 Å². The standard InChI is InChI=1S/C17H17NO7/c1-22-14-8-12(9-15(23-2)16(14)24-3)17(19)25-10-11-5-4-6-13(7-11)18(20)21/h4-9H,10H2,1-3H3. The number of benzene rings is 2. The highest BCUT2D eigenvalue weighted by molar-refractivity contribution is 5.91. The van der Waals surface area contributed by atoms with Crippen LogP contribution in [0.5, 0.6) is 17.2 Å². The average Bonchev–Trinajstić information content (AvgIpc) is 2.64. The number of hydrogen-bond acceptors (Lipinski definition) is 7. The van der Waals surface area contributed by atoms with E-state index in [9.17, 15) is 14.9 Å². The molecule has 132 valence electrons. The molecule has 0 aromatic heterocycles. The predicted molar refractivity (Wildman–Crippen MR) is 88.3 cm³/mol. The van der Waals surface area contributed by atoms with Crippen molar-refractivity contribution in [3.63, 3.8) is 0 Å². The summed E-state index contributed by atoms with van der Waals surface area (Å²) in [4.78, 5) is 22.5. The first-order valence-corrected chi connectivity index (χ1v) is 7.20. The molecule has 8 nitrogen and oxygen atoms in total. The molecular weight excluding hydrogens is 330 g/mol. The summed E-state index contributed by atoms with van der Waals surface area (Å²) in [6.45, 7) is -0.100. The lowest BCUT2D eigenvalue weighted by Gasteiger charge is -2.13. The summed E-state index contributed by atoms with van der Waals surface area (Å²) in [7, 11) is 4.34. The van der Waals surface area contributed by atoms with Gasteiger partial charge >= 0.3 is 5.97 Å². The fourth-order valence-corrected chi connectivity index (χ4v) is 2.19. The molecule has 0 aliphatic heterocycles. The lowest BCUT2D eigenvalue weighted by molar-refractivity contribution is -0.384. The number of non-ortho nitro benzene ring substituents is 1. The van der Waals surface area contributed by atoms with Gasteiger partial charge in [-0.3, -0.25) is 10.1 Å². The first kappa shape index (κ1) is 18.1. The Hall–Kier alpha value is -3.29. The third kappa shape index (κ3) is 4.17. The second-order valence-corrected chi connectivity index (χ2v) is 4.92. The molecule has 8 heteroatoms. The molecule has 0 aliphatic rings. The number of nitro groups is 1. The minimum Gasteiger partial charge on any atom is -0.493 e. The predicted octanol–water partition coefficient (Wildman–Crippen LogP) is 2.98. The zero-order valence-electron chi connectivity index (χ0n) is 14.0. The van der Waals surface area contributed by atoms with Gasteiger partial charge in [-0.15, -0.1) is 0 Å². The summed E-state index contributed by atoms with van der Waals surface area (Å²) in [6, 6.07) is 8.82. The molecule has 0 N–H and O–H groups in total. The molecule has 0 amide bonds. The Morgan fingerprint density at radius 3 is 2.20 bits per heavy atom. The Kier molecular flexibility index (Phi) is 5.78. The van der Waals surface area contributed by atoms with E-state index in [2.05, 4.69) is 0 Å². The molecule has 2 aromatic rings. The van der Waals surface area contributed by atoms with Crippen molar-refractivity contribution >= 4 is 11.7 Å². The van der Waals surface area contributed by atoms with Gasteiger partial charge in [0.2, 0.25) is 5.75 Å². The maximum absolute atomic E-state index is 12.3. The first-order chi connectivity index (χ1) is 12.0. The van der Waals surface area contributed by atoms with E-state index < -0.39 is 10.9 Å². The molecule has 0 heterocycles. The number of hydrogen-bond donors (Lipinski definition) is 0. The van der Waals surface area contributed by atoms with Gasteiger partial charge in [0.15, 0.2) is 11.5 Å². The zero-order valence-corrected chi connectivity index (χ0v) is 14.0. The molecule has 0 atom stereocenters. The molecule has 0 spiro atoms. The molecular formula is C17H17NO7. The maximum atomic E-state index is 12.3. The quantitative estimate of drug-likeness (QED) is 0.431. The molecule has 0 aliphatic carbocycles. The van der Waals surface area contributed by atoms with E-state index in [1.54, 1.807) is 6.07 Å². The van der Waals surface area contributed by atoms with Crippen molar-refractivity contribution in [3.05, 3.63) is 57.6 Å². The van der Waals surface area contributed by atoms with Crippen LogP contribution in [0.1, 0.15) is 15.9 Å². The molecule has 25 heavy (non-hydrogen) atoms. The Morgan fingerprint density at radius 1 is 1.04 bits per heavy atom.